The normalized spacial score (nSPS) is 11.6. The van der Waals surface area contributed by atoms with Gasteiger partial charge in [0, 0.05) is 18.6 Å². The Morgan fingerprint density at radius 2 is 1.53 bits per heavy atom. The van der Waals surface area contributed by atoms with E-state index in [1.54, 1.807) is 36.4 Å². The molecule has 0 aromatic heterocycles. The van der Waals surface area contributed by atoms with Gasteiger partial charge < -0.3 is 14.7 Å². The molecular formula is C22H31ClN2O4S. The second-order valence-corrected chi connectivity index (χ2v) is 9.62. The second kappa shape index (κ2) is 12.2. The first-order valence-electron chi connectivity index (χ1n) is 10.1. The van der Waals surface area contributed by atoms with Crippen LogP contribution in [0.25, 0.3) is 0 Å². The van der Waals surface area contributed by atoms with E-state index in [0.717, 1.165) is 44.5 Å². The van der Waals surface area contributed by atoms with E-state index in [4.69, 9.17) is 21.4 Å². The van der Waals surface area contributed by atoms with E-state index in [0.29, 0.717) is 17.3 Å². The highest BCUT2D eigenvalue weighted by Gasteiger charge is 2.21. The summed E-state index contributed by atoms with van der Waals surface area (Å²) in [6.07, 6.45) is 4.30. The number of aliphatic hydroxyl groups excluding tert-OH is 1. The van der Waals surface area contributed by atoms with Gasteiger partial charge in [-0.2, -0.15) is 0 Å². The fourth-order valence-electron chi connectivity index (χ4n) is 2.97. The van der Waals surface area contributed by atoms with Crippen LogP contribution in [0.15, 0.2) is 53.4 Å². The predicted octanol–water partition coefficient (Wildman–Crippen LogP) is 4.03. The quantitative estimate of drug-likeness (QED) is 0.463. The Hall–Kier alpha value is -1.80. The molecule has 1 N–H and O–H groups in total. The third kappa shape index (κ3) is 7.47. The highest BCUT2D eigenvalue weighted by atomic mass is 35.5. The first-order valence-corrected chi connectivity index (χ1v) is 11.9. The molecular weight excluding hydrogens is 424 g/mol. The van der Waals surface area contributed by atoms with Crippen molar-refractivity contribution in [2.45, 2.75) is 30.6 Å². The zero-order chi connectivity index (χ0) is 22.0. The molecule has 0 heterocycles. The number of anilines is 1. The molecule has 0 saturated carbocycles. The number of halogens is 1. The van der Waals surface area contributed by atoms with Crippen molar-refractivity contribution in [1.82, 2.24) is 4.90 Å². The molecule has 166 valence electrons. The van der Waals surface area contributed by atoms with Gasteiger partial charge in [-0.1, -0.05) is 24.4 Å². The van der Waals surface area contributed by atoms with E-state index in [1.165, 1.54) is 23.5 Å². The predicted molar refractivity (Wildman–Crippen MR) is 122 cm³/mol. The summed E-state index contributed by atoms with van der Waals surface area (Å²) in [6.45, 7) is 2.54. The van der Waals surface area contributed by atoms with Crippen molar-refractivity contribution in [3.63, 3.8) is 0 Å². The van der Waals surface area contributed by atoms with E-state index in [9.17, 15) is 8.42 Å². The van der Waals surface area contributed by atoms with Crippen LogP contribution in [0.2, 0.25) is 5.02 Å². The summed E-state index contributed by atoms with van der Waals surface area (Å²) in [4.78, 5) is 2.32. The molecule has 0 aliphatic heterocycles. The smallest absolute Gasteiger partial charge is 0.264 e. The number of nitrogens with zero attached hydrogens (tertiary/aromatic N) is 2. The molecule has 30 heavy (non-hydrogen) atoms. The van der Waals surface area contributed by atoms with Gasteiger partial charge in [0.1, 0.15) is 5.75 Å². The lowest BCUT2D eigenvalue weighted by atomic mass is 10.2. The van der Waals surface area contributed by atoms with Gasteiger partial charge in [0.05, 0.1) is 23.8 Å². The zero-order valence-electron chi connectivity index (χ0n) is 17.6. The Bertz CT molecular complexity index is 858. The average molecular weight is 455 g/mol. The van der Waals surface area contributed by atoms with Crippen molar-refractivity contribution in [3.8, 4) is 5.75 Å². The third-order valence-electron chi connectivity index (χ3n) is 4.86. The van der Waals surface area contributed by atoms with Crippen LogP contribution >= 0.6 is 11.6 Å². The highest BCUT2D eigenvalue weighted by molar-refractivity contribution is 7.92. The molecule has 0 aliphatic rings. The molecule has 0 bridgehead atoms. The minimum atomic E-state index is -3.64. The number of unbranched alkanes of at least 4 members (excludes halogenated alkanes) is 3. The number of aliphatic hydroxyl groups is 1. The Balaban J connectivity index is 1.77. The van der Waals surface area contributed by atoms with E-state index >= 15 is 0 Å². The third-order valence-corrected chi connectivity index (χ3v) is 6.91. The van der Waals surface area contributed by atoms with Crippen LogP contribution in [0, 0.1) is 0 Å². The summed E-state index contributed by atoms with van der Waals surface area (Å²) < 4.78 is 32.5. The summed E-state index contributed by atoms with van der Waals surface area (Å²) in [7, 11) is -0.104. The van der Waals surface area contributed by atoms with Crippen molar-refractivity contribution in [2.75, 3.05) is 44.7 Å². The standard InChI is InChI=1S/C22H31ClN2O4S/c1-24(16-17-26)15-5-3-4-6-18-29-21-11-9-20(10-12-21)25(2)30(27,28)22-13-7-19(23)8-14-22/h7-14,26H,3-6,15-18H2,1-2H3. The van der Waals surface area contributed by atoms with Crippen LogP contribution in [0.4, 0.5) is 5.69 Å². The highest BCUT2D eigenvalue weighted by Crippen LogP contribution is 2.25. The van der Waals surface area contributed by atoms with Crippen LogP contribution in [-0.2, 0) is 10.0 Å². The van der Waals surface area contributed by atoms with Crippen molar-refractivity contribution in [3.05, 3.63) is 53.6 Å². The Morgan fingerprint density at radius 1 is 0.900 bits per heavy atom. The van der Waals surface area contributed by atoms with E-state index in [2.05, 4.69) is 4.90 Å². The second-order valence-electron chi connectivity index (χ2n) is 7.21. The summed E-state index contributed by atoms with van der Waals surface area (Å²) in [5.41, 5.74) is 0.560. The number of likely N-dealkylation sites (N-methyl/N-ethyl adjacent to an activating group) is 1. The van der Waals surface area contributed by atoms with Crippen LogP contribution in [-0.4, -0.2) is 58.8 Å². The first-order chi connectivity index (χ1) is 14.3. The first kappa shape index (κ1) is 24.5. The Morgan fingerprint density at radius 3 is 2.17 bits per heavy atom. The Kier molecular flexibility index (Phi) is 9.91. The molecule has 6 nitrogen and oxygen atoms in total. The number of hydrogen-bond acceptors (Lipinski definition) is 5. The van der Waals surface area contributed by atoms with Gasteiger partial charge in [-0.3, -0.25) is 4.31 Å². The zero-order valence-corrected chi connectivity index (χ0v) is 19.2. The van der Waals surface area contributed by atoms with Crippen molar-refractivity contribution in [2.24, 2.45) is 0 Å². The van der Waals surface area contributed by atoms with E-state index in [-0.39, 0.29) is 11.5 Å². The molecule has 0 atom stereocenters. The summed E-state index contributed by atoms with van der Waals surface area (Å²) >= 11 is 5.84. The minimum absolute atomic E-state index is 0.192. The monoisotopic (exact) mass is 454 g/mol. The van der Waals surface area contributed by atoms with Gasteiger partial charge in [0.15, 0.2) is 0 Å². The number of rotatable bonds is 13. The van der Waals surface area contributed by atoms with Crippen LogP contribution < -0.4 is 9.04 Å². The number of ether oxygens (including phenoxy) is 1. The van der Waals surface area contributed by atoms with Gasteiger partial charge in [-0.05, 0) is 75.0 Å². The summed E-state index contributed by atoms with van der Waals surface area (Å²) in [5.74, 6) is 0.721. The molecule has 8 heteroatoms. The molecule has 0 radical (unpaired) electrons. The molecule has 0 saturated heterocycles. The largest absolute Gasteiger partial charge is 0.494 e. The number of benzene rings is 2. The summed E-state index contributed by atoms with van der Waals surface area (Å²) in [5, 5.41) is 9.36. The topological polar surface area (TPSA) is 70.1 Å². The van der Waals surface area contributed by atoms with Crippen LogP contribution in [0.3, 0.4) is 0 Å². The molecule has 2 aromatic rings. The van der Waals surface area contributed by atoms with Crippen molar-refractivity contribution < 1.29 is 18.3 Å². The average Bonchev–Trinajstić information content (AvgIpc) is 2.73. The van der Waals surface area contributed by atoms with Gasteiger partial charge >= 0.3 is 0 Å². The fraction of sp³-hybridized carbons (Fsp3) is 0.455. The van der Waals surface area contributed by atoms with E-state index in [1.807, 2.05) is 7.05 Å². The molecule has 0 spiro atoms. The molecule has 0 fully saturated rings. The molecule has 0 amide bonds. The van der Waals surface area contributed by atoms with Gasteiger partial charge in [-0.25, -0.2) is 8.42 Å². The van der Waals surface area contributed by atoms with Crippen LogP contribution in [0.5, 0.6) is 5.75 Å². The lowest BCUT2D eigenvalue weighted by molar-refractivity contribution is 0.218. The summed E-state index contributed by atoms with van der Waals surface area (Å²) in [6, 6.07) is 13.2. The van der Waals surface area contributed by atoms with Crippen molar-refractivity contribution in [1.29, 1.82) is 0 Å². The lowest BCUT2D eigenvalue weighted by Crippen LogP contribution is -2.26. The van der Waals surface area contributed by atoms with Gasteiger partial charge in [-0.15, -0.1) is 0 Å². The van der Waals surface area contributed by atoms with Gasteiger partial charge in [0.2, 0.25) is 0 Å². The van der Waals surface area contributed by atoms with Gasteiger partial charge in [0.25, 0.3) is 10.0 Å². The number of hydrogen-bond donors (Lipinski definition) is 1. The SMILES string of the molecule is CN(CCO)CCCCCCOc1ccc(N(C)S(=O)(=O)c2ccc(Cl)cc2)cc1. The lowest BCUT2D eigenvalue weighted by Gasteiger charge is -2.20. The Labute approximate surface area is 185 Å². The molecule has 2 rings (SSSR count). The molecule has 0 aliphatic carbocycles. The fourth-order valence-corrected chi connectivity index (χ4v) is 4.29. The maximum atomic E-state index is 12.7. The molecule has 0 unspecified atom stereocenters. The van der Waals surface area contributed by atoms with Crippen molar-refractivity contribution >= 4 is 27.3 Å². The minimum Gasteiger partial charge on any atom is -0.494 e. The number of sulfonamides is 1. The maximum absolute atomic E-state index is 12.7. The maximum Gasteiger partial charge on any atom is 0.264 e. The van der Waals surface area contributed by atoms with E-state index < -0.39 is 10.0 Å². The van der Waals surface area contributed by atoms with Crippen LogP contribution in [0.1, 0.15) is 25.7 Å². The molecule has 2 aromatic carbocycles.